The van der Waals surface area contributed by atoms with Crippen molar-refractivity contribution in [2.45, 2.75) is 11.9 Å². The van der Waals surface area contributed by atoms with E-state index in [0.717, 1.165) is 43.0 Å². The number of thioether (sulfide) groups is 1. The van der Waals surface area contributed by atoms with Crippen molar-refractivity contribution in [3.63, 3.8) is 0 Å². The van der Waals surface area contributed by atoms with Gasteiger partial charge in [0.2, 0.25) is 0 Å². The van der Waals surface area contributed by atoms with Gasteiger partial charge in [-0.25, -0.2) is 9.97 Å². The monoisotopic (exact) mass is 350 g/mol. The van der Waals surface area contributed by atoms with Gasteiger partial charge in [-0.3, -0.25) is 0 Å². The van der Waals surface area contributed by atoms with Gasteiger partial charge in [-0.2, -0.15) is 0 Å². The van der Waals surface area contributed by atoms with Crippen LogP contribution in [0.2, 0.25) is 5.02 Å². The zero-order chi connectivity index (χ0) is 15.5. The highest BCUT2D eigenvalue weighted by Gasteiger charge is 2.14. The summed E-state index contributed by atoms with van der Waals surface area (Å²) < 4.78 is 5.14. The molecule has 0 radical (unpaired) electrons. The topological polar surface area (TPSA) is 35.0 Å². The zero-order valence-corrected chi connectivity index (χ0v) is 14.7. The van der Waals surface area contributed by atoms with Gasteiger partial charge in [0.15, 0.2) is 0 Å². The summed E-state index contributed by atoms with van der Waals surface area (Å²) in [5.41, 5.74) is 2.30. The number of hydrogen-bond donors (Lipinski definition) is 0. The van der Waals surface area contributed by atoms with Crippen LogP contribution in [0.1, 0.15) is 5.82 Å². The standard InChI is InChI=1S/C16H15ClN2OS2/c1-10-18-15(21-8-7-20-2)14-13(9-22-16(14)19-10)11-3-5-12(17)6-4-11/h3-6,9H,7-8H2,1-2H3. The molecule has 3 nitrogen and oxygen atoms in total. The molecular formula is C16H15ClN2OS2. The van der Waals surface area contributed by atoms with Gasteiger partial charge in [-0.1, -0.05) is 23.7 Å². The maximum Gasteiger partial charge on any atom is 0.128 e. The number of rotatable bonds is 5. The first-order chi connectivity index (χ1) is 10.7. The Morgan fingerprint density at radius 1 is 1.23 bits per heavy atom. The Morgan fingerprint density at radius 3 is 2.73 bits per heavy atom. The number of fused-ring (bicyclic) bond motifs is 1. The van der Waals surface area contributed by atoms with Crippen LogP contribution < -0.4 is 0 Å². The van der Waals surface area contributed by atoms with E-state index in [0.29, 0.717) is 6.61 Å². The van der Waals surface area contributed by atoms with Gasteiger partial charge in [0.1, 0.15) is 15.7 Å². The minimum absolute atomic E-state index is 0.704. The van der Waals surface area contributed by atoms with Crippen molar-refractivity contribution in [3.8, 4) is 11.1 Å². The second kappa shape index (κ2) is 6.96. The lowest BCUT2D eigenvalue weighted by Gasteiger charge is -2.06. The highest BCUT2D eigenvalue weighted by atomic mass is 35.5. The molecule has 0 amide bonds. The first kappa shape index (κ1) is 15.7. The summed E-state index contributed by atoms with van der Waals surface area (Å²) in [5, 5.41) is 5.03. The molecule has 0 atom stereocenters. The molecule has 0 saturated carbocycles. The van der Waals surface area contributed by atoms with E-state index in [2.05, 4.69) is 15.3 Å². The first-order valence-electron chi connectivity index (χ1n) is 6.82. The van der Waals surface area contributed by atoms with Crippen LogP contribution >= 0.6 is 34.7 Å². The molecule has 0 bridgehead atoms. The summed E-state index contributed by atoms with van der Waals surface area (Å²) in [6, 6.07) is 7.89. The molecule has 2 heterocycles. The third kappa shape index (κ3) is 3.27. The normalized spacial score (nSPS) is 11.2. The van der Waals surface area contributed by atoms with Crippen LogP contribution in [-0.2, 0) is 4.74 Å². The molecule has 0 fully saturated rings. The van der Waals surface area contributed by atoms with E-state index < -0.39 is 0 Å². The van der Waals surface area contributed by atoms with Crippen molar-refractivity contribution in [3.05, 3.63) is 40.5 Å². The quantitative estimate of drug-likeness (QED) is 0.366. The highest BCUT2D eigenvalue weighted by Crippen LogP contribution is 2.38. The van der Waals surface area contributed by atoms with Gasteiger partial charge in [-0.05, 0) is 24.6 Å². The average molecular weight is 351 g/mol. The molecule has 3 rings (SSSR count). The summed E-state index contributed by atoms with van der Waals surface area (Å²) in [4.78, 5) is 10.2. The lowest BCUT2D eigenvalue weighted by Crippen LogP contribution is -1.95. The van der Waals surface area contributed by atoms with E-state index in [1.807, 2.05) is 31.2 Å². The van der Waals surface area contributed by atoms with Crippen LogP contribution in [0.4, 0.5) is 0 Å². The molecule has 2 aromatic heterocycles. The van der Waals surface area contributed by atoms with Gasteiger partial charge in [-0.15, -0.1) is 23.1 Å². The predicted octanol–water partition coefficient (Wildman–Crippen LogP) is 5.06. The number of halogens is 1. The molecule has 0 saturated heterocycles. The first-order valence-corrected chi connectivity index (χ1v) is 9.07. The third-order valence-corrected chi connectivity index (χ3v) is 5.26. The SMILES string of the molecule is COCCSc1nc(C)nc2scc(-c3ccc(Cl)cc3)c12. The van der Waals surface area contributed by atoms with Gasteiger partial charge in [0.25, 0.3) is 0 Å². The van der Waals surface area contributed by atoms with Crippen molar-refractivity contribution < 1.29 is 4.74 Å². The smallest absolute Gasteiger partial charge is 0.128 e. The lowest BCUT2D eigenvalue weighted by atomic mass is 10.1. The Balaban J connectivity index is 2.09. The van der Waals surface area contributed by atoms with E-state index in [1.165, 1.54) is 0 Å². The van der Waals surface area contributed by atoms with Crippen LogP contribution in [0.3, 0.4) is 0 Å². The molecule has 6 heteroatoms. The van der Waals surface area contributed by atoms with Crippen molar-refractivity contribution in [1.29, 1.82) is 0 Å². The van der Waals surface area contributed by atoms with Crippen molar-refractivity contribution in [2.24, 2.45) is 0 Å². The third-order valence-electron chi connectivity index (χ3n) is 3.19. The molecule has 0 aliphatic carbocycles. The molecule has 0 aliphatic heterocycles. The number of methoxy groups -OCH3 is 1. The number of thiophene rings is 1. The highest BCUT2D eigenvalue weighted by molar-refractivity contribution is 7.99. The fourth-order valence-electron chi connectivity index (χ4n) is 2.18. The summed E-state index contributed by atoms with van der Waals surface area (Å²) in [5.74, 6) is 1.68. The van der Waals surface area contributed by atoms with Gasteiger partial charge in [0, 0.05) is 28.8 Å². The molecule has 0 N–H and O–H groups in total. The van der Waals surface area contributed by atoms with E-state index in [4.69, 9.17) is 16.3 Å². The van der Waals surface area contributed by atoms with Crippen LogP contribution in [0.15, 0.2) is 34.7 Å². The van der Waals surface area contributed by atoms with E-state index in [1.54, 1.807) is 30.2 Å². The largest absolute Gasteiger partial charge is 0.384 e. The second-order valence-electron chi connectivity index (χ2n) is 4.75. The summed E-state index contributed by atoms with van der Waals surface area (Å²) in [7, 11) is 1.71. The Morgan fingerprint density at radius 2 is 2.00 bits per heavy atom. The van der Waals surface area contributed by atoms with Gasteiger partial charge >= 0.3 is 0 Å². The van der Waals surface area contributed by atoms with Crippen LogP contribution in [-0.4, -0.2) is 29.4 Å². The minimum atomic E-state index is 0.704. The number of hydrogen-bond acceptors (Lipinski definition) is 5. The number of ether oxygens (including phenoxy) is 1. The van der Waals surface area contributed by atoms with Crippen LogP contribution in [0, 0.1) is 6.92 Å². The van der Waals surface area contributed by atoms with Crippen molar-refractivity contribution in [2.75, 3.05) is 19.5 Å². The second-order valence-corrected chi connectivity index (χ2v) is 7.13. The van der Waals surface area contributed by atoms with Crippen molar-refractivity contribution >= 4 is 44.9 Å². The van der Waals surface area contributed by atoms with Crippen LogP contribution in [0.25, 0.3) is 21.3 Å². The number of nitrogens with zero attached hydrogens (tertiary/aromatic N) is 2. The minimum Gasteiger partial charge on any atom is -0.384 e. The summed E-state index contributed by atoms with van der Waals surface area (Å²) >= 11 is 9.35. The molecule has 0 unspecified atom stereocenters. The lowest BCUT2D eigenvalue weighted by molar-refractivity contribution is 0.218. The molecular weight excluding hydrogens is 336 g/mol. The fraction of sp³-hybridized carbons (Fsp3) is 0.250. The van der Waals surface area contributed by atoms with E-state index in [-0.39, 0.29) is 0 Å². The Bertz CT molecular complexity index is 787. The average Bonchev–Trinajstić information content (AvgIpc) is 2.92. The molecule has 0 aliphatic rings. The van der Waals surface area contributed by atoms with E-state index in [9.17, 15) is 0 Å². The Kier molecular flexibility index (Phi) is 4.98. The maximum atomic E-state index is 5.99. The Hall–Kier alpha value is -1.14. The predicted molar refractivity (Wildman–Crippen MR) is 95.2 cm³/mol. The van der Waals surface area contributed by atoms with Gasteiger partial charge in [0.05, 0.1) is 12.0 Å². The van der Waals surface area contributed by atoms with E-state index >= 15 is 0 Å². The molecule has 1 aromatic carbocycles. The molecule has 3 aromatic rings. The maximum absolute atomic E-state index is 5.99. The number of aryl methyl sites for hydroxylation is 1. The Labute approximate surface area is 142 Å². The number of aromatic nitrogens is 2. The molecule has 114 valence electrons. The molecule has 0 spiro atoms. The number of benzene rings is 1. The van der Waals surface area contributed by atoms with Crippen molar-refractivity contribution in [1.82, 2.24) is 9.97 Å². The molecule has 22 heavy (non-hydrogen) atoms. The van der Waals surface area contributed by atoms with Gasteiger partial charge < -0.3 is 4.74 Å². The van der Waals surface area contributed by atoms with Crippen LogP contribution in [0.5, 0.6) is 0 Å². The fourth-order valence-corrected chi connectivity index (χ4v) is 4.35. The summed E-state index contributed by atoms with van der Waals surface area (Å²) in [6.07, 6.45) is 0. The zero-order valence-electron chi connectivity index (χ0n) is 12.3. The summed E-state index contributed by atoms with van der Waals surface area (Å²) in [6.45, 7) is 2.64.